The SMILES string of the molecule is CN=C(NCCCCN1CCN(C)CC1)NCC1(C)CCCS1. The van der Waals surface area contributed by atoms with Crippen LogP contribution in [0.25, 0.3) is 0 Å². The van der Waals surface area contributed by atoms with E-state index in [1.165, 1.54) is 64.2 Å². The molecule has 0 bridgehead atoms. The number of unbranched alkanes of at least 4 members (excludes halogenated alkanes) is 1. The minimum atomic E-state index is 0.388. The van der Waals surface area contributed by atoms with Crippen molar-refractivity contribution in [3.63, 3.8) is 0 Å². The zero-order chi connectivity index (χ0) is 16.5. The van der Waals surface area contributed by atoms with Gasteiger partial charge >= 0.3 is 0 Å². The molecule has 0 aromatic carbocycles. The lowest BCUT2D eigenvalue weighted by Gasteiger charge is -2.32. The van der Waals surface area contributed by atoms with Gasteiger partial charge in [0.15, 0.2) is 5.96 Å². The van der Waals surface area contributed by atoms with Gasteiger partial charge in [-0.1, -0.05) is 0 Å². The van der Waals surface area contributed by atoms with Crippen LogP contribution in [-0.2, 0) is 0 Å². The summed E-state index contributed by atoms with van der Waals surface area (Å²) in [4.78, 5) is 9.35. The number of piperazine rings is 1. The molecule has 2 N–H and O–H groups in total. The molecule has 0 amide bonds. The summed E-state index contributed by atoms with van der Waals surface area (Å²) < 4.78 is 0.388. The maximum absolute atomic E-state index is 4.35. The predicted molar refractivity (Wildman–Crippen MR) is 103 cm³/mol. The third-order valence-electron chi connectivity index (χ3n) is 4.94. The van der Waals surface area contributed by atoms with E-state index in [2.05, 4.69) is 51.2 Å². The van der Waals surface area contributed by atoms with Crippen LogP contribution >= 0.6 is 11.8 Å². The van der Waals surface area contributed by atoms with Crippen molar-refractivity contribution in [1.29, 1.82) is 0 Å². The van der Waals surface area contributed by atoms with Crippen LogP contribution in [0.3, 0.4) is 0 Å². The second-order valence-corrected chi connectivity index (χ2v) is 8.79. The third-order valence-corrected chi connectivity index (χ3v) is 6.48. The summed E-state index contributed by atoms with van der Waals surface area (Å²) >= 11 is 2.09. The average molecular weight is 342 g/mol. The van der Waals surface area contributed by atoms with Crippen molar-refractivity contribution in [3.05, 3.63) is 0 Å². The largest absolute Gasteiger partial charge is 0.356 e. The van der Waals surface area contributed by atoms with E-state index >= 15 is 0 Å². The predicted octanol–water partition coefficient (Wildman–Crippen LogP) is 1.46. The van der Waals surface area contributed by atoms with Crippen LogP contribution in [0, 0.1) is 0 Å². The Morgan fingerprint density at radius 1 is 1.17 bits per heavy atom. The Balaban J connectivity index is 1.52. The first-order valence-electron chi connectivity index (χ1n) is 9.11. The fourth-order valence-corrected chi connectivity index (χ4v) is 4.45. The Morgan fingerprint density at radius 3 is 2.61 bits per heavy atom. The Bertz CT molecular complexity index is 360. The van der Waals surface area contributed by atoms with E-state index in [1.807, 2.05) is 7.05 Å². The Morgan fingerprint density at radius 2 is 1.96 bits per heavy atom. The second-order valence-electron chi connectivity index (χ2n) is 7.11. The van der Waals surface area contributed by atoms with Crippen LogP contribution in [0.5, 0.6) is 0 Å². The van der Waals surface area contributed by atoms with Crippen molar-refractivity contribution in [2.75, 3.05) is 65.7 Å². The van der Waals surface area contributed by atoms with Gasteiger partial charge in [0, 0.05) is 51.1 Å². The molecule has 2 saturated heterocycles. The zero-order valence-electron chi connectivity index (χ0n) is 15.2. The summed E-state index contributed by atoms with van der Waals surface area (Å²) in [6.07, 6.45) is 5.13. The smallest absolute Gasteiger partial charge is 0.191 e. The minimum absolute atomic E-state index is 0.388. The van der Waals surface area contributed by atoms with Gasteiger partial charge in [-0.05, 0) is 52.0 Å². The van der Waals surface area contributed by atoms with Gasteiger partial charge in [0.05, 0.1) is 0 Å². The van der Waals surface area contributed by atoms with Crippen molar-refractivity contribution in [2.24, 2.45) is 4.99 Å². The molecule has 2 fully saturated rings. The summed E-state index contributed by atoms with van der Waals surface area (Å²) in [6, 6.07) is 0. The summed E-state index contributed by atoms with van der Waals surface area (Å²) in [5.41, 5.74) is 0. The third kappa shape index (κ3) is 6.89. The van der Waals surface area contributed by atoms with Crippen LogP contribution in [-0.4, -0.2) is 86.2 Å². The van der Waals surface area contributed by atoms with Gasteiger partial charge in [0.1, 0.15) is 0 Å². The van der Waals surface area contributed by atoms with Gasteiger partial charge in [0.2, 0.25) is 0 Å². The van der Waals surface area contributed by atoms with Crippen LogP contribution < -0.4 is 10.6 Å². The molecule has 2 heterocycles. The number of hydrogen-bond acceptors (Lipinski definition) is 4. The number of thioether (sulfide) groups is 1. The van der Waals surface area contributed by atoms with E-state index in [0.717, 1.165) is 19.0 Å². The monoisotopic (exact) mass is 341 g/mol. The molecule has 23 heavy (non-hydrogen) atoms. The summed E-state index contributed by atoms with van der Waals surface area (Å²) in [5, 5.41) is 6.96. The lowest BCUT2D eigenvalue weighted by atomic mass is 10.1. The lowest BCUT2D eigenvalue weighted by molar-refractivity contribution is 0.152. The molecule has 5 nitrogen and oxygen atoms in total. The molecule has 6 heteroatoms. The summed E-state index contributed by atoms with van der Waals surface area (Å²) in [7, 11) is 4.08. The van der Waals surface area contributed by atoms with E-state index in [4.69, 9.17) is 0 Å². The van der Waals surface area contributed by atoms with Crippen LogP contribution in [0.15, 0.2) is 4.99 Å². The van der Waals surface area contributed by atoms with E-state index in [1.54, 1.807) is 0 Å². The molecule has 0 saturated carbocycles. The first-order chi connectivity index (χ1) is 11.1. The zero-order valence-corrected chi connectivity index (χ0v) is 16.1. The standard InChI is InChI=1S/C17H35N5S/c1-17(7-6-14-23-17)15-20-16(18-2)19-8-4-5-9-22-12-10-21(3)11-13-22/h4-15H2,1-3H3,(H2,18,19,20). The molecule has 0 radical (unpaired) electrons. The van der Waals surface area contributed by atoms with Gasteiger partial charge in [-0.3, -0.25) is 4.99 Å². The first-order valence-corrected chi connectivity index (χ1v) is 10.1. The van der Waals surface area contributed by atoms with Crippen molar-refractivity contribution in [2.45, 2.75) is 37.4 Å². The second kappa shape index (κ2) is 9.74. The number of likely N-dealkylation sites (N-methyl/N-ethyl adjacent to an activating group) is 1. The highest BCUT2D eigenvalue weighted by Gasteiger charge is 2.29. The highest BCUT2D eigenvalue weighted by atomic mass is 32.2. The number of nitrogens with zero attached hydrogens (tertiary/aromatic N) is 3. The molecule has 0 spiro atoms. The molecule has 0 aliphatic carbocycles. The molecular weight excluding hydrogens is 306 g/mol. The molecule has 2 aliphatic heterocycles. The van der Waals surface area contributed by atoms with Crippen LogP contribution in [0.1, 0.15) is 32.6 Å². The van der Waals surface area contributed by atoms with Crippen molar-refractivity contribution in [3.8, 4) is 0 Å². The topological polar surface area (TPSA) is 42.9 Å². The highest BCUT2D eigenvalue weighted by molar-refractivity contribution is 8.00. The number of aliphatic imine (C=N–C) groups is 1. The van der Waals surface area contributed by atoms with Gasteiger partial charge in [-0.25, -0.2) is 0 Å². The van der Waals surface area contributed by atoms with Gasteiger partial charge in [-0.15, -0.1) is 0 Å². The Kier molecular flexibility index (Phi) is 7.99. The van der Waals surface area contributed by atoms with E-state index in [0.29, 0.717) is 4.75 Å². The number of guanidine groups is 1. The van der Waals surface area contributed by atoms with Gasteiger partial charge < -0.3 is 20.4 Å². The molecule has 2 aliphatic rings. The number of rotatable bonds is 7. The normalized spacial score (nSPS) is 27.3. The van der Waals surface area contributed by atoms with Crippen molar-refractivity contribution >= 4 is 17.7 Å². The molecule has 134 valence electrons. The molecule has 2 rings (SSSR count). The molecule has 1 unspecified atom stereocenters. The average Bonchev–Trinajstić information content (AvgIpc) is 2.99. The van der Waals surface area contributed by atoms with Crippen LogP contribution in [0.2, 0.25) is 0 Å². The number of hydrogen-bond donors (Lipinski definition) is 2. The lowest BCUT2D eigenvalue weighted by Crippen LogP contribution is -2.45. The highest BCUT2D eigenvalue weighted by Crippen LogP contribution is 2.36. The molecule has 0 aromatic rings. The van der Waals surface area contributed by atoms with E-state index in [-0.39, 0.29) is 0 Å². The summed E-state index contributed by atoms with van der Waals surface area (Å²) in [5.74, 6) is 2.26. The fraction of sp³-hybridized carbons (Fsp3) is 0.941. The maximum Gasteiger partial charge on any atom is 0.191 e. The Hall–Kier alpha value is -0.460. The molecular formula is C17H35N5S. The van der Waals surface area contributed by atoms with Crippen molar-refractivity contribution in [1.82, 2.24) is 20.4 Å². The van der Waals surface area contributed by atoms with Crippen LogP contribution in [0.4, 0.5) is 0 Å². The first kappa shape index (κ1) is 18.9. The van der Waals surface area contributed by atoms with E-state index in [9.17, 15) is 0 Å². The fourth-order valence-electron chi connectivity index (χ4n) is 3.21. The van der Waals surface area contributed by atoms with Gasteiger partial charge in [-0.2, -0.15) is 11.8 Å². The molecule has 0 aromatic heterocycles. The van der Waals surface area contributed by atoms with Crippen molar-refractivity contribution < 1.29 is 0 Å². The van der Waals surface area contributed by atoms with E-state index < -0.39 is 0 Å². The quantitative estimate of drug-likeness (QED) is 0.417. The summed E-state index contributed by atoms with van der Waals surface area (Å²) in [6.45, 7) is 10.5. The number of nitrogens with one attached hydrogen (secondary N) is 2. The Labute approximate surface area is 146 Å². The van der Waals surface area contributed by atoms with Gasteiger partial charge in [0.25, 0.3) is 0 Å². The molecule has 1 atom stereocenters. The minimum Gasteiger partial charge on any atom is -0.356 e. The maximum atomic E-state index is 4.35.